The molecule has 0 aromatic rings. The minimum atomic E-state index is -3.70. The van der Waals surface area contributed by atoms with Crippen LogP contribution in [0.2, 0.25) is 0 Å². The van der Waals surface area contributed by atoms with Gasteiger partial charge in [0.1, 0.15) is 0 Å². The lowest BCUT2D eigenvalue weighted by Crippen LogP contribution is -2.32. The van der Waals surface area contributed by atoms with E-state index >= 15 is 0 Å². The zero-order chi connectivity index (χ0) is 18.8. The van der Waals surface area contributed by atoms with E-state index < -0.39 is 24.6 Å². The molecule has 0 heterocycles. The van der Waals surface area contributed by atoms with E-state index in [0.29, 0.717) is 0 Å². The number of carbonyl (C=O) groups is 2. The molecule has 0 aliphatic heterocycles. The number of carbonyl (C=O) groups excluding carboxylic acids is 2. The molecule has 0 fully saturated rings. The second kappa shape index (κ2) is 10.9. The van der Waals surface area contributed by atoms with Crippen molar-refractivity contribution in [3.63, 3.8) is 0 Å². The molecule has 0 saturated heterocycles. The Morgan fingerprint density at radius 3 is 1.83 bits per heavy atom. The van der Waals surface area contributed by atoms with Crippen LogP contribution >= 0.6 is 7.60 Å². The number of hydrogen-bond acceptors (Lipinski definition) is 7. The summed E-state index contributed by atoms with van der Waals surface area (Å²) in [5, 5.41) is 0. The largest absolute Gasteiger partial charge is 0.466 e. The van der Waals surface area contributed by atoms with Crippen LogP contribution in [0.15, 0.2) is 0 Å². The van der Waals surface area contributed by atoms with Gasteiger partial charge < -0.3 is 18.5 Å². The number of ether oxygens (including phenoxy) is 2. The second-order valence-electron chi connectivity index (χ2n) is 5.99. The molecule has 0 bridgehead atoms. The first-order chi connectivity index (χ1) is 11.2. The van der Waals surface area contributed by atoms with Gasteiger partial charge in [0.15, 0.2) is 5.66 Å². The molecule has 0 aliphatic rings. The van der Waals surface area contributed by atoms with Crippen LogP contribution in [-0.4, -0.2) is 44.0 Å². The van der Waals surface area contributed by atoms with Crippen LogP contribution in [0.3, 0.4) is 0 Å². The Labute approximate surface area is 144 Å². The van der Waals surface area contributed by atoms with Gasteiger partial charge in [-0.1, -0.05) is 13.8 Å². The summed E-state index contributed by atoms with van der Waals surface area (Å²) in [5.74, 6) is -1.01. The Balaban J connectivity index is 5.43. The topological polar surface area (TPSA) is 88.1 Å². The summed E-state index contributed by atoms with van der Waals surface area (Å²) in [7, 11) is -3.70. The van der Waals surface area contributed by atoms with Crippen molar-refractivity contribution in [2.24, 2.45) is 5.41 Å². The zero-order valence-electron chi connectivity index (χ0n) is 15.6. The number of hydrogen-bond donors (Lipinski definition) is 0. The van der Waals surface area contributed by atoms with Gasteiger partial charge in [0.25, 0.3) is 0 Å². The van der Waals surface area contributed by atoms with Crippen LogP contribution in [0.4, 0.5) is 0 Å². The molecule has 0 spiro atoms. The molecule has 0 saturated carbocycles. The maximum atomic E-state index is 13.1. The van der Waals surface area contributed by atoms with E-state index in [4.69, 9.17) is 18.5 Å². The normalized spacial score (nSPS) is 13.4. The van der Waals surface area contributed by atoms with Crippen molar-refractivity contribution in [3.8, 4) is 0 Å². The molecule has 0 aromatic carbocycles. The van der Waals surface area contributed by atoms with Gasteiger partial charge in [0.2, 0.25) is 0 Å². The van der Waals surface area contributed by atoms with E-state index in [0.717, 1.165) is 0 Å². The van der Waals surface area contributed by atoms with Gasteiger partial charge in [0, 0.05) is 0 Å². The summed E-state index contributed by atoms with van der Waals surface area (Å²) in [4.78, 5) is 24.1. The SMILES string of the molecule is CCOC(=O)CC(C)(C)CC(C(=O)OCC)P(=O)(OCC)OCC. The average molecular weight is 366 g/mol. The minimum absolute atomic E-state index is 0.0923. The van der Waals surface area contributed by atoms with Gasteiger partial charge in [0.05, 0.1) is 32.8 Å². The average Bonchev–Trinajstić information content (AvgIpc) is 2.45. The standard InChI is InChI=1S/C16H31O7P/c1-7-20-14(17)12-16(5,6)11-13(15(18)21-8-2)24(19,22-9-3)23-10-4/h13H,7-12H2,1-6H3. The predicted octanol–water partition coefficient (Wildman–Crippen LogP) is 3.55. The molecule has 0 amide bonds. The molecule has 0 radical (unpaired) electrons. The summed E-state index contributed by atoms with van der Waals surface area (Å²) in [6.45, 7) is 11.1. The fraction of sp³-hybridized carbons (Fsp3) is 0.875. The van der Waals surface area contributed by atoms with Crippen molar-refractivity contribution in [2.75, 3.05) is 26.4 Å². The van der Waals surface area contributed by atoms with Crippen molar-refractivity contribution >= 4 is 19.5 Å². The fourth-order valence-corrected chi connectivity index (χ4v) is 4.54. The van der Waals surface area contributed by atoms with E-state index in [2.05, 4.69) is 0 Å². The van der Waals surface area contributed by atoms with Crippen LogP contribution in [-0.2, 0) is 32.7 Å². The summed E-state index contributed by atoms with van der Waals surface area (Å²) in [6.07, 6.45) is 0.219. The molecule has 0 N–H and O–H groups in total. The van der Waals surface area contributed by atoms with Gasteiger partial charge in [-0.05, 0) is 39.5 Å². The van der Waals surface area contributed by atoms with Crippen LogP contribution in [0, 0.1) is 5.41 Å². The van der Waals surface area contributed by atoms with Gasteiger partial charge >= 0.3 is 19.5 Å². The minimum Gasteiger partial charge on any atom is -0.466 e. The quantitative estimate of drug-likeness (QED) is 0.385. The van der Waals surface area contributed by atoms with Gasteiger partial charge in [-0.3, -0.25) is 14.2 Å². The molecule has 1 atom stereocenters. The first-order valence-corrected chi connectivity index (χ1v) is 9.97. The van der Waals surface area contributed by atoms with E-state index in [9.17, 15) is 14.2 Å². The van der Waals surface area contributed by atoms with E-state index in [1.54, 1.807) is 41.5 Å². The van der Waals surface area contributed by atoms with Crippen molar-refractivity contribution in [1.29, 1.82) is 0 Å². The molecule has 24 heavy (non-hydrogen) atoms. The van der Waals surface area contributed by atoms with Gasteiger partial charge in [-0.25, -0.2) is 0 Å². The molecule has 7 nitrogen and oxygen atoms in total. The van der Waals surface area contributed by atoms with Crippen molar-refractivity contribution in [2.45, 2.75) is 60.0 Å². The van der Waals surface area contributed by atoms with E-state index in [1.165, 1.54) is 0 Å². The highest BCUT2D eigenvalue weighted by Crippen LogP contribution is 2.56. The zero-order valence-corrected chi connectivity index (χ0v) is 16.5. The summed E-state index contributed by atoms with van der Waals surface area (Å²) in [6, 6.07) is 0. The van der Waals surface area contributed by atoms with E-state index in [-0.39, 0.29) is 45.2 Å². The summed E-state index contributed by atoms with van der Waals surface area (Å²) < 4.78 is 33.7. The highest BCUT2D eigenvalue weighted by atomic mass is 31.2. The maximum absolute atomic E-state index is 13.1. The molecule has 8 heteroatoms. The van der Waals surface area contributed by atoms with Crippen molar-refractivity contribution in [1.82, 2.24) is 0 Å². The summed E-state index contributed by atoms with van der Waals surface area (Å²) in [5.41, 5.74) is -1.71. The van der Waals surface area contributed by atoms with Gasteiger partial charge in [-0.15, -0.1) is 0 Å². The Morgan fingerprint density at radius 2 is 1.42 bits per heavy atom. The Hall–Kier alpha value is -0.910. The van der Waals surface area contributed by atoms with Crippen LogP contribution in [0.25, 0.3) is 0 Å². The predicted molar refractivity (Wildman–Crippen MR) is 90.9 cm³/mol. The Bertz CT molecular complexity index is 438. The van der Waals surface area contributed by atoms with Crippen LogP contribution < -0.4 is 0 Å². The van der Waals surface area contributed by atoms with Crippen LogP contribution in [0.1, 0.15) is 54.4 Å². The first-order valence-electron chi connectivity index (χ1n) is 8.36. The third kappa shape index (κ3) is 7.77. The first kappa shape index (κ1) is 23.1. The Kier molecular flexibility index (Phi) is 10.4. The smallest absolute Gasteiger partial charge is 0.344 e. The lowest BCUT2D eigenvalue weighted by atomic mass is 9.84. The highest BCUT2D eigenvalue weighted by Gasteiger charge is 2.45. The van der Waals surface area contributed by atoms with Crippen molar-refractivity contribution in [3.05, 3.63) is 0 Å². The fourth-order valence-electron chi connectivity index (χ4n) is 2.34. The third-order valence-corrected chi connectivity index (χ3v) is 5.63. The second-order valence-corrected chi connectivity index (χ2v) is 8.21. The third-order valence-electron chi connectivity index (χ3n) is 3.23. The lowest BCUT2D eigenvalue weighted by Gasteiger charge is -2.31. The molecule has 0 aromatic heterocycles. The summed E-state index contributed by atoms with van der Waals surface area (Å²) >= 11 is 0. The molecule has 142 valence electrons. The molecule has 0 rings (SSSR count). The van der Waals surface area contributed by atoms with Crippen LogP contribution in [0.5, 0.6) is 0 Å². The molecular weight excluding hydrogens is 335 g/mol. The number of esters is 2. The monoisotopic (exact) mass is 366 g/mol. The highest BCUT2D eigenvalue weighted by molar-refractivity contribution is 7.55. The van der Waals surface area contributed by atoms with Gasteiger partial charge in [-0.2, -0.15) is 0 Å². The van der Waals surface area contributed by atoms with Crippen molar-refractivity contribution < 1.29 is 32.7 Å². The molecular formula is C16H31O7P. The lowest BCUT2D eigenvalue weighted by molar-refractivity contribution is -0.148. The Morgan fingerprint density at radius 1 is 0.917 bits per heavy atom. The molecule has 0 aliphatic carbocycles. The maximum Gasteiger partial charge on any atom is 0.344 e. The number of rotatable bonds is 12. The van der Waals surface area contributed by atoms with E-state index in [1.807, 2.05) is 0 Å². The molecule has 1 unspecified atom stereocenters.